The molecule has 7 nitrogen and oxygen atoms in total. The minimum Gasteiger partial charge on any atom is -0.381 e. The van der Waals surface area contributed by atoms with Crippen LogP contribution in [0.25, 0.3) is 11.0 Å². The van der Waals surface area contributed by atoms with Crippen LogP contribution in [0, 0.1) is 0 Å². The first-order valence-electron chi connectivity index (χ1n) is 11.1. The number of Topliss-reactive ketones (excluding diaryl/α,β-unsaturated/α-hetero) is 1. The number of pyridine rings is 1. The lowest BCUT2D eigenvalue weighted by atomic mass is 9.94. The van der Waals surface area contributed by atoms with Crippen LogP contribution in [0.15, 0.2) is 42.7 Å². The van der Waals surface area contributed by atoms with E-state index >= 15 is 0 Å². The van der Waals surface area contributed by atoms with Crippen molar-refractivity contribution in [3.63, 3.8) is 0 Å². The van der Waals surface area contributed by atoms with Crippen molar-refractivity contribution in [3.05, 3.63) is 53.9 Å². The Bertz CT molecular complexity index is 1070. The summed E-state index contributed by atoms with van der Waals surface area (Å²) < 4.78 is 1.82. The Morgan fingerprint density at radius 1 is 1.16 bits per heavy atom. The number of ketones is 1. The summed E-state index contributed by atoms with van der Waals surface area (Å²) in [6, 6.07) is 10.1. The summed E-state index contributed by atoms with van der Waals surface area (Å²) in [7, 11) is 0. The molecule has 162 valence electrons. The number of carbonyl (C=O) groups excluding carboxylic acids is 2. The molecule has 3 aromatic rings. The van der Waals surface area contributed by atoms with E-state index in [1.807, 2.05) is 41.9 Å². The molecule has 2 aromatic heterocycles. The van der Waals surface area contributed by atoms with Crippen molar-refractivity contribution in [2.75, 3.05) is 5.32 Å². The monoisotopic (exact) mass is 419 g/mol. The number of nitrogens with zero attached hydrogens (tertiary/aromatic N) is 3. The molecular weight excluding hydrogens is 390 g/mol. The van der Waals surface area contributed by atoms with Gasteiger partial charge in [0.2, 0.25) is 0 Å². The van der Waals surface area contributed by atoms with Gasteiger partial charge in [-0.2, -0.15) is 5.10 Å². The number of nitrogens with one attached hydrogen (secondary N) is 2. The lowest BCUT2D eigenvalue weighted by molar-refractivity contribution is -0.120. The second kappa shape index (κ2) is 9.29. The first-order valence-corrected chi connectivity index (χ1v) is 11.1. The lowest BCUT2D eigenvalue weighted by Crippen LogP contribution is -2.31. The zero-order valence-electron chi connectivity index (χ0n) is 18.1. The van der Waals surface area contributed by atoms with Crippen LogP contribution in [-0.2, 0) is 11.3 Å². The van der Waals surface area contributed by atoms with E-state index in [1.165, 1.54) is 0 Å². The highest BCUT2D eigenvalue weighted by Gasteiger charge is 2.24. The Morgan fingerprint density at radius 2 is 1.90 bits per heavy atom. The summed E-state index contributed by atoms with van der Waals surface area (Å²) in [4.78, 5) is 29.6. The van der Waals surface area contributed by atoms with E-state index in [4.69, 9.17) is 0 Å². The van der Waals surface area contributed by atoms with Gasteiger partial charge in [-0.05, 0) is 31.7 Å². The van der Waals surface area contributed by atoms with Gasteiger partial charge in [0, 0.05) is 31.6 Å². The van der Waals surface area contributed by atoms with Crippen LogP contribution in [-0.4, -0.2) is 32.5 Å². The molecule has 1 aliphatic carbocycles. The minimum absolute atomic E-state index is 0.0806. The predicted molar refractivity (Wildman–Crippen MR) is 121 cm³/mol. The molecule has 1 atom stereocenters. The fourth-order valence-electron chi connectivity index (χ4n) is 4.22. The maximum atomic E-state index is 13.3. The Labute approximate surface area is 182 Å². The second-order valence-corrected chi connectivity index (χ2v) is 8.05. The number of amides is 1. The molecule has 0 radical (unpaired) electrons. The summed E-state index contributed by atoms with van der Waals surface area (Å²) in [5.41, 5.74) is 3.09. The van der Waals surface area contributed by atoms with Crippen molar-refractivity contribution >= 4 is 28.4 Å². The molecule has 1 amide bonds. The van der Waals surface area contributed by atoms with Crippen molar-refractivity contribution in [2.24, 2.45) is 0 Å². The van der Waals surface area contributed by atoms with Crippen LogP contribution in [0.5, 0.6) is 0 Å². The third-order valence-corrected chi connectivity index (χ3v) is 6.02. The quantitative estimate of drug-likeness (QED) is 0.597. The van der Waals surface area contributed by atoms with Crippen LogP contribution in [0.3, 0.4) is 0 Å². The predicted octanol–water partition coefficient (Wildman–Crippen LogP) is 4.26. The van der Waals surface area contributed by atoms with Gasteiger partial charge in [-0.15, -0.1) is 0 Å². The van der Waals surface area contributed by atoms with E-state index in [-0.39, 0.29) is 18.0 Å². The molecule has 2 heterocycles. The summed E-state index contributed by atoms with van der Waals surface area (Å²) in [6.45, 7) is 4.77. The summed E-state index contributed by atoms with van der Waals surface area (Å²) in [5.74, 6) is 0.145. The van der Waals surface area contributed by atoms with Crippen molar-refractivity contribution in [3.8, 4) is 0 Å². The van der Waals surface area contributed by atoms with Gasteiger partial charge >= 0.3 is 0 Å². The van der Waals surface area contributed by atoms with Crippen LogP contribution in [0.1, 0.15) is 67.9 Å². The average Bonchev–Trinajstić information content (AvgIpc) is 3.23. The number of hydrogen-bond acceptors (Lipinski definition) is 5. The zero-order chi connectivity index (χ0) is 21.8. The minimum atomic E-state index is -0.163. The first-order chi connectivity index (χ1) is 15.1. The van der Waals surface area contributed by atoms with E-state index in [0.717, 1.165) is 41.5 Å². The van der Waals surface area contributed by atoms with Gasteiger partial charge in [0.05, 0.1) is 28.9 Å². The molecule has 1 aromatic carbocycles. The largest absolute Gasteiger partial charge is 0.381 e. The Hall–Kier alpha value is -3.22. The standard InChI is InChI=1S/C24H29N5O2/c1-3-21(16-8-6-5-7-9-16)28-24(31)20-14-25-23-19(15-26-29(23)4-2)22(20)27-17-10-12-18(30)13-11-17/h5-9,14-15,17,21H,3-4,10-13H2,1-2H3,(H,25,27)(H,28,31). The molecule has 7 heteroatoms. The van der Waals surface area contributed by atoms with Crippen LogP contribution in [0.4, 0.5) is 5.69 Å². The second-order valence-electron chi connectivity index (χ2n) is 8.05. The Balaban J connectivity index is 1.67. The Kier molecular flexibility index (Phi) is 6.30. The number of carbonyl (C=O) groups is 2. The topological polar surface area (TPSA) is 88.9 Å². The first kappa shape index (κ1) is 21.0. The van der Waals surface area contributed by atoms with Gasteiger partial charge in [0.25, 0.3) is 5.91 Å². The molecule has 0 bridgehead atoms. The third-order valence-electron chi connectivity index (χ3n) is 6.02. The molecule has 1 saturated carbocycles. The van der Waals surface area contributed by atoms with E-state index in [9.17, 15) is 9.59 Å². The van der Waals surface area contributed by atoms with Crippen LogP contribution >= 0.6 is 0 Å². The van der Waals surface area contributed by atoms with Crippen molar-refractivity contribution < 1.29 is 9.59 Å². The van der Waals surface area contributed by atoms with Gasteiger partial charge < -0.3 is 10.6 Å². The third kappa shape index (κ3) is 4.45. The molecule has 2 N–H and O–H groups in total. The highest BCUT2D eigenvalue weighted by atomic mass is 16.1. The number of anilines is 1. The fraction of sp³-hybridized carbons (Fsp3) is 0.417. The van der Waals surface area contributed by atoms with Gasteiger partial charge in [-0.3, -0.25) is 9.59 Å². The number of fused-ring (bicyclic) bond motifs is 1. The maximum absolute atomic E-state index is 13.3. The molecule has 1 aliphatic rings. The lowest BCUT2D eigenvalue weighted by Gasteiger charge is -2.25. The highest BCUT2D eigenvalue weighted by molar-refractivity contribution is 6.06. The number of benzene rings is 1. The Morgan fingerprint density at radius 3 is 2.58 bits per heavy atom. The van der Waals surface area contributed by atoms with E-state index in [2.05, 4.69) is 27.6 Å². The molecule has 0 aliphatic heterocycles. The molecular formula is C24H29N5O2. The van der Waals surface area contributed by atoms with Gasteiger partial charge in [0.1, 0.15) is 5.78 Å². The smallest absolute Gasteiger partial charge is 0.255 e. The normalized spacial score (nSPS) is 15.7. The van der Waals surface area contributed by atoms with Crippen molar-refractivity contribution in [1.29, 1.82) is 0 Å². The van der Waals surface area contributed by atoms with Gasteiger partial charge in [0.15, 0.2) is 5.65 Å². The van der Waals surface area contributed by atoms with Crippen LogP contribution < -0.4 is 10.6 Å². The molecule has 0 spiro atoms. The molecule has 4 rings (SSSR count). The summed E-state index contributed by atoms with van der Waals surface area (Å²) in [6.07, 6.45) is 6.89. The van der Waals surface area contributed by atoms with Crippen molar-refractivity contribution in [2.45, 2.75) is 64.6 Å². The number of hydrogen-bond donors (Lipinski definition) is 2. The molecule has 31 heavy (non-hydrogen) atoms. The van der Waals surface area contributed by atoms with Crippen molar-refractivity contribution in [1.82, 2.24) is 20.1 Å². The highest BCUT2D eigenvalue weighted by Crippen LogP contribution is 2.30. The maximum Gasteiger partial charge on any atom is 0.255 e. The SMILES string of the molecule is CCC(NC(=O)c1cnc2c(cnn2CC)c1NC1CCC(=O)CC1)c1ccccc1. The number of aryl methyl sites for hydroxylation is 1. The summed E-state index contributed by atoms with van der Waals surface area (Å²) >= 11 is 0. The average molecular weight is 420 g/mol. The fourth-order valence-corrected chi connectivity index (χ4v) is 4.22. The number of rotatable bonds is 7. The van der Waals surface area contributed by atoms with E-state index in [0.29, 0.717) is 30.7 Å². The summed E-state index contributed by atoms with van der Waals surface area (Å²) in [5, 5.41) is 12.0. The molecule has 1 unspecified atom stereocenters. The van der Waals surface area contributed by atoms with Crippen LogP contribution in [0.2, 0.25) is 0 Å². The zero-order valence-corrected chi connectivity index (χ0v) is 18.1. The molecule has 0 saturated heterocycles. The van der Waals surface area contributed by atoms with Gasteiger partial charge in [-0.25, -0.2) is 9.67 Å². The number of aromatic nitrogens is 3. The van der Waals surface area contributed by atoms with Gasteiger partial charge in [-0.1, -0.05) is 37.3 Å². The van der Waals surface area contributed by atoms with E-state index < -0.39 is 0 Å². The van der Waals surface area contributed by atoms with E-state index in [1.54, 1.807) is 12.4 Å². The molecule has 1 fully saturated rings.